The Labute approximate surface area is 536 Å². The highest BCUT2D eigenvalue weighted by atomic mass is 16.3. The fraction of sp³-hybridized carbons (Fsp3) is 0.191. The first-order valence-corrected chi connectivity index (χ1v) is 33.1. The predicted molar refractivity (Wildman–Crippen MR) is 380 cm³/mol. The molecule has 3 heterocycles. The normalized spacial score (nSPS) is 16.8. The molecule has 20 rings (SSSR count). The molecule has 3 nitrogen and oxygen atoms in total. The number of hydrogen-bond donors (Lipinski definition) is 0. The van der Waals surface area contributed by atoms with Crippen molar-refractivity contribution in [3.05, 3.63) is 285 Å². The van der Waals surface area contributed by atoms with Crippen molar-refractivity contribution in [2.45, 2.75) is 109 Å². The molecule has 3 aromatic heterocycles. The van der Waals surface area contributed by atoms with Crippen LogP contribution in [0.25, 0.3) is 133 Å². The lowest BCUT2D eigenvalue weighted by atomic mass is 9.72. The summed E-state index contributed by atoms with van der Waals surface area (Å²) < 4.78 is 20.6. The first-order chi connectivity index (χ1) is 44.4. The van der Waals surface area contributed by atoms with Crippen molar-refractivity contribution in [2.75, 3.05) is 0 Å². The molecule has 0 N–H and O–H groups in total. The van der Waals surface area contributed by atoms with Crippen molar-refractivity contribution in [1.82, 2.24) is 0 Å². The zero-order valence-electron chi connectivity index (χ0n) is 53.7. The van der Waals surface area contributed by atoms with Gasteiger partial charge in [0.25, 0.3) is 0 Å². The minimum Gasteiger partial charge on any atom is -0.456 e. The smallest absolute Gasteiger partial charge is 0.144 e. The maximum Gasteiger partial charge on any atom is 0.144 e. The average molecular weight is 1190 g/mol. The first-order valence-electron chi connectivity index (χ1n) is 33.1. The summed E-state index contributed by atoms with van der Waals surface area (Å²) in [5.74, 6) is 0.0184. The van der Waals surface area contributed by atoms with Crippen molar-refractivity contribution in [2.24, 2.45) is 0 Å². The molecule has 0 radical (unpaired) electrons. The number of benzene rings is 12. The van der Waals surface area contributed by atoms with E-state index in [0.29, 0.717) is 0 Å². The summed E-state index contributed by atoms with van der Waals surface area (Å²) in [5, 5.41) is 7.18. The maximum absolute atomic E-state index is 7.09. The minimum atomic E-state index is -0.316. The van der Waals surface area contributed by atoms with Gasteiger partial charge in [0.05, 0.1) is 0 Å². The third kappa shape index (κ3) is 6.47. The lowest BCUT2D eigenvalue weighted by molar-refractivity contribution is 0.599. The molecule has 92 heavy (non-hydrogen) atoms. The molecular weight excluding hydrogens is 1120 g/mol. The summed E-state index contributed by atoms with van der Waals surface area (Å²) in [6.07, 6.45) is 0.819. The molecule has 442 valence electrons. The van der Waals surface area contributed by atoms with Crippen LogP contribution in [0.3, 0.4) is 0 Å². The van der Waals surface area contributed by atoms with Crippen molar-refractivity contribution >= 4 is 65.8 Å². The molecule has 3 heteroatoms. The van der Waals surface area contributed by atoms with E-state index in [-0.39, 0.29) is 33.0 Å². The van der Waals surface area contributed by atoms with Crippen LogP contribution in [0.2, 0.25) is 0 Å². The van der Waals surface area contributed by atoms with Crippen LogP contribution in [0.4, 0.5) is 0 Å². The van der Waals surface area contributed by atoms with Crippen LogP contribution in [-0.2, 0) is 33.5 Å². The molecule has 12 aromatic carbocycles. The van der Waals surface area contributed by atoms with Gasteiger partial charge in [0, 0.05) is 76.4 Å². The molecule has 0 amide bonds. The van der Waals surface area contributed by atoms with Crippen LogP contribution in [0.5, 0.6) is 0 Å². The summed E-state index contributed by atoms with van der Waals surface area (Å²) in [5.41, 5.74) is 37.6. The fourth-order valence-corrected chi connectivity index (χ4v) is 19.0. The highest BCUT2D eigenvalue weighted by Gasteiger charge is 2.50. The Morgan fingerprint density at radius 1 is 0.283 bits per heavy atom. The summed E-state index contributed by atoms with van der Waals surface area (Å²) in [6.45, 7) is 24.5. The van der Waals surface area contributed by atoms with E-state index in [0.717, 1.165) is 56.4 Å². The number of rotatable bonds is 5. The summed E-state index contributed by atoms with van der Waals surface area (Å²) >= 11 is 0. The highest BCUT2D eigenvalue weighted by Crippen LogP contribution is 2.65. The van der Waals surface area contributed by atoms with Crippen LogP contribution in [-0.4, -0.2) is 0 Å². The Morgan fingerprint density at radius 2 is 0.761 bits per heavy atom. The van der Waals surface area contributed by atoms with Gasteiger partial charge in [-0.2, -0.15) is 0 Å². The Bertz CT molecular complexity index is 5880. The molecule has 0 saturated heterocycles. The van der Waals surface area contributed by atoms with Gasteiger partial charge >= 0.3 is 0 Å². The summed E-state index contributed by atoms with van der Waals surface area (Å²) in [4.78, 5) is 0. The van der Waals surface area contributed by atoms with Crippen LogP contribution in [0.15, 0.2) is 226 Å². The monoisotopic (exact) mass is 1180 g/mol. The Balaban J connectivity index is 0.773. The maximum atomic E-state index is 7.09. The second-order valence-corrected chi connectivity index (χ2v) is 30.1. The first kappa shape index (κ1) is 52.8. The molecule has 15 aromatic rings. The molecule has 1 unspecified atom stereocenters. The van der Waals surface area contributed by atoms with E-state index in [4.69, 9.17) is 13.3 Å². The number of fused-ring (bicyclic) bond motifs is 29. The second-order valence-electron chi connectivity index (χ2n) is 30.1. The van der Waals surface area contributed by atoms with E-state index in [2.05, 4.69) is 282 Å². The van der Waals surface area contributed by atoms with Crippen LogP contribution >= 0.6 is 0 Å². The Morgan fingerprint density at radius 3 is 1.49 bits per heavy atom. The van der Waals surface area contributed by atoms with Crippen molar-refractivity contribution < 1.29 is 13.3 Å². The number of furan rings is 3. The Hall–Kier alpha value is -9.96. The SMILES string of the molecule is CC1(C)c2cc(C(Cc3ccc4c(c3)C(C)(C)c3c5c(c6oc7ccccc7c6c3-4)-c3ccccc3C5(C)C)c3ccc4c(c3)C(C)(C)c3cc(-c5ccccc5)c5oc6ccccc6c5c3-4)ccc2-c2cc3c(cc21)-c1c(ccc2oc4ccccc4c12)C3(C)C. The molecule has 0 fully saturated rings. The molecule has 0 spiro atoms. The van der Waals surface area contributed by atoms with Crippen LogP contribution in [0, 0.1) is 0 Å². The van der Waals surface area contributed by atoms with Gasteiger partial charge in [-0.3, -0.25) is 0 Å². The van der Waals surface area contributed by atoms with E-state index < -0.39 is 0 Å². The van der Waals surface area contributed by atoms with Gasteiger partial charge in [0.2, 0.25) is 0 Å². The van der Waals surface area contributed by atoms with Gasteiger partial charge in [-0.15, -0.1) is 0 Å². The van der Waals surface area contributed by atoms with Gasteiger partial charge in [0.15, 0.2) is 0 Å². The van der Waals surface area contributed by atoms with E-state index >= 15 is 0 Å². The van der Waals surface area contributed by atoms with E-state index in [9.17, 15) is 0 Å². The van der Waals surface area contributed by atoms with Crippen LogP contribution < -0.4 is 0 Å². The Kier molecular flexibility index (Phi) is 9.95. The third-order valence-electron chi connectivity index (χ3n) is 23.6. The van der Waals surface area contributed by atoms with E-state index in [1.807, 2.05) is 0 Å². The molecule has 0 bridgehead atoms. The summed E-state index contributed by atoms with van der Waals surface area (Å²) in [7, 11) is 0. The number of para-hydroxylation sites is 3. The zero-order valence-corrected chi connectivity index (χ0v) is 53.7. The largest absolute Gasteiger partial charge is 0.456 e. The fourth-order valence-electron chi connectivity index (χ4n) is 19.0. The lowest BCUT2D eigenvalue weighted by Crippen LogP contribution is -2.24. The van der Waals surface area contributed by atoms with Gasteiger partial charge in [-0.1, -0.05) is 239 Å². The van der Waals surface area contributed by atoms with Gasteiger partial charge < -0.3 is 13.3 Å². The molecule has 1 atom stereocenters. The van der Waals surface area contributed by atoms with E-state index in [1.165, 1.54) is 155 Å². The van der Waals surface area contributed by atoms with Crippen molar-refractivity contribution in [3.8, 4) is 66.8 Å². The lowest BCUT2D eigenvalue weighted by Gasteiger charge is -2.31. The molecule has 0 saturated carbocycles. The van der Waals surface area contributed by atoms with E-state index in [1.54, 1.807) is 0 Å². The standard InChI is InChI=1S/C89H68O3/c1-85(2)63-38-39-73-76(55-25-15-19-29-70(55)90-73)75(63)61-46-67-60(45-68(61)85)51-36-33-49(42-65(51)86(67,3)4)58(50-34-37-53-66(43-50)87(5,6)69-44-59(48-22-12-11-13-23-48)83-78(74(53)69)56-26-16-20-30-71(56)91-83)40-47-32-35-54-64(41-47)89(9,10)81-77(54)79-57-27-17-21-31-72(57)92-84(79)80-52-24-14-18-28-62(52)88(7,8)82(80)81/h11-39,41-46,58H,40H2,1-10H3. The highest BCUT2D eigenvalue weighted by molar-refractivity contribution is 6.22. The van der Waals surface area contributed by atoms with Crippen molar-refractivity contribution in [1.29, 1.82) is 0 Å². The molecule has 5 aliphatic rings. The zero-order chi connectivity index (χ0) is 62.0. The second kappa shape index (κ2) is 17.3. The quantitative estimate of drug-likeness (QED) is 0.172. The van der Waals surface area contributed by atoms with Crippen molar-refractivity contribution in [3.63, 3.8) is 0 Å². The van der Waals surface area contributed by atoms with Crippen LogP contribution in [0.1, 0.15) is 147 Å². The number of hydrogen-bond acceptors (Lipinski definition) is 3. The van der Waals surface area contributed by atoms with Gasteiger partial charge in [0.1, 0.15) is 33.5 Å². The molecule has 0 aliphatic heterocycles. The predicted octanol–water partition coefficient (Wildman–Crippen LogP) is 24.0. The molecule has 5 aliphatic carbocycles. The third-order valence-corrected chi connectivity index (χ3v) is 23.6. The minimum absolute atomic E-state index is 0.0184. The van der Waals surface area contributed by atoms with Gasteiger partial charge in [-0.25, -0.2) is 0 Å². The van der Waals surface area contributed by atoms with Gasteiger partial charge in [-0.05, 0) is 177 Å². The topological polar surface area (TPSA) is 39.4 Å². The average Bonchev–Trinajstić information content (AvgIpc) is 1.51. The summed E-state index contributed by atoms with van der Waals surface area (Å²) in [6, 6.07) is 80.5. The molecular formula is C89H68O3.